The molecule has 0 spiro atoms. The number of ether oxygens (including phenoxy) is 1. The number of nitrogens with zero attached hydrogens (tertiary/aromatic N) is 2. The van der Waals surface area contributed by atoms with Crippen molar-refractivity contribution in [1.29, 1.82) is 0 Å². The van der Waals surface area contributed by atoms with Crippen molar-refractivity contribution in [1.82, 2.24) is 10.1 Å². The molecular formula is C12H15N3O2. The standard InChI is InChI=1S/C12H15N3O2/c1-8(2)12-14-11(15-17-12)7-16-10-5-3-4-9(13)6-10/h3-6,8H,7,13H2,1-2H3. The van der Waals surface area contributed by atoms with Crippen LogP contribution in [0.3, 0.4) is 0 Å². The second-order valence-corrected chi connectivity index (χ2v) is 4.06. The fourth-order valence-corrected chi connectivity index (χ4v) is 1.31. The molecule has 0 aliphatic heterocycles. The highest BCUT2D eigenvalue weighted by atomic mass is 16.5. The van der Waals surface area contributed by atoms with Crippen LogP contribution in [0.15, 0.2) is 28.8 Å². The minimum atomic E-state index is 0.226. The van der Waals surface area contributed by atoms with Crippen LogP contribution in [-0.2, 0) is 6.61 Å². The van der Waals surface area contributed by atoms with Gasteiger partial charge in [0.15, 0.2) is 6.61 Å². The number of rotatable bonds is 4. The molecule has 0 saturated carbocycles. The number of benzene rings is 1. The quantitative estimate of drug-likeness (QED) is 0.820. The highest BCUT2D eigenvalue weighted by Crippen LogP contribution is 2.16. The van der Waals surface area contributed by atoms with Gasteiger partial charge in [-0.1, -0.05) is 25.1 Å². The number of anilines is 1. The van der Waals surface area contributed by atoms with Crippen LogP contribution in [0.4, 0.5) is 5.69 Å². The molecule has 5 nitrogen and oxygen atoms in total. The van der Waals surface area contributed by atoms with Crippen LogP contribution in [0.1, 0.15) is 31.5 Å². The Balaban J connectivity index is 1.97. The molecule has 0 radical (unpaired) electrons. The second-order valence-electron chi connectivity index (χ2n) is 4.06. The molecule has 1 heterocycles. The van der Waals surface area contributed by atoms with Crippen LogP contribution in [0, 0.1) is 0 Å². The summed E-state index contributed by atoms with van der Waals surface area (Å²) in [4.78, 5) is 4.21. The van der Waals surface area contributed by atoms with Crippen molar-refractivity contribution in [3.63, 3.8) is 0 Å². The first-order valence-corrected chi connectivity index (χ1v) is 5.46. The van der Waals surface area contributed by atoms with E-state index >= 15 is 0 Å². The molecule has 0 atom stereocenters. The maximum absolute atomic E-state index is 5.64. The van der Waals surface area contributed by atoms with Gasteiger partial charge in [-0.25, -0.2) is 0 Å². The molecular weight excluding hydrogens is 218 g/mol. The van der Waals surface area contributed by atoms with Crippen molar-refractivity contribution >= 4 is 5.69 Å². The molecule has 2 rings (SSSR count). The van der Waals surface area contributed by atoms with Crippen LogP contribution in [0.5, 0.6) is 5.75 Å². The van der Waals surface area contributed by atoms with E-state index < -0.39 is 0 Å². The molecule has 90 valence electrons. The minimum Gasteiger partial charge on any atom is -0.485 e. The Hall–Kier alpha value is -2.04. The zero-order chi connectivity index (χ0) is 12.3. The number of hydrogen-bond donors (Lipinski definition) is 1. The van der Waals surface area contributed by atoms with E-state index in [1.165, 1.54) is 0 Å². The van der Waals surface area contributed by atoms with E-state index in [0.717, 1.165) is 0 Å². The van der Waals surface area contributed by atoms with Gasteiger partial charge >= 0.3 is 0 Å². The van der Waals surface area contributed by atoms with Crippen LogP contribution in [0.2, 0.25) is 0 Å². The third-order valence-electron chi connectivity index (χ3n) is 2.20. The summed E-state index contributed by atoms with van der Waals surface area (Å²) in [5, 5.41) is 3.83. The molecule has 0 fully saturated rings. The topological polar surface area (TPSA) is 74.2 Å². The lowest BCUT2D eigenvalue weighted by molar-refractivity contribution is 0.284. The molecule has 2 aromatic rings. The van der Waals surface area contributed by atoms with Gasteiger partial charge < -0.3 is 15.0 Å². The fourth-order valence-electron chi connectivity index (χ4n) is 1.31. The monoisotopic (exact) mass is 233 g/mol. The zero-order valence-electron chi connectivity index (χ0n) is 9.88. The van der Waals surface area contributed by atoms with Crippen molar-refractivity contribution in [3.05, 3.63) is 36.0 Å². The van der Waals surface area contributed by atoms with Crippen molar-refractivity contribution in [2.75, 3.05) is 5.73 Å². The molecule has 0 aliphatic rings. The van der Waals surface area contributed by atoms with Gasteiger partial charge in [-0.3, -0.25) is 0 Å². The summed E-state index contributed by atoms with van der Waals surface area (Å²) in [6, 6.07) is 7.22. The summed E-state index contributed by atoms with van der Waals surface area (Å²) in [5.74, 6) is 2.08. The Kier molecular flexibility index (Phi) is 3.27. The zero-order valence-corrected chi connectivity index (χ0v) is 9.88. The average Bonchev–Trinajstić information content (AvgIpc) is 2.75. The summed E-state index contributed by atoms with van der Waals surface area (Å²) >= 11 is 0. The second kappa shape index (κ2) is 4.86. The Bertz CT molecular complexity index is 494. The SMILES string of the molecule is CC(C)c1nc(COc2cccc(N)c2)no1. The van der Waals surface area contributed by atoms with Gasteiger partial charge in [0.1, 0.15) is 5.75 Å². The van der Waals surface area contributed by atoms with Crippen LogP contribution in [0.25, 0.3) is 0 Å². The predicted molar refractivity (Wildman–Crippen MR) is 63.6 cm³/mol. The highest BCUT2D eigenvalue weighted by Gasteiger charge is 2.09. The lowest BCUT2D eigenvalue weighted by atomic mass is 10.2. The third kappa shape index (κ3) is 2.96. The molecule has 5 heteroatoms. The Morgan fingerprint density at radius 1 is 1.41 bits per heavy atom. The largest absolute Gasteiger partial charge is 0.485 e. The molecule has 0 aliphatic carbocycles. The van der Waals surface area contributed by atoms with Gasteiger partial charge in [0.2, 0.25) is 11.7 Å². The smallest absolute Gasteiger partial charge is 0.229 e. The summed E-state index contributed by atoms with van der Waals surface area (Å²) < 4.78 is 10.6. The Labute approximate surface area is 99.6 Å². The van der Waals surface area contributed by atoms with Gasteiger partial charge in [0, 0.05) is 17.7 Å². The van der Waals surface area contributed by atoms with E-state index in [-0.39, 0.29) is 12.5 Å². The lowest BCUT2D eigenvalue weighted by Gasteiger charge is -2.03. The molecule has 0 amide bonds. The van der Waals surface area contributed by atoms with Gasteiger partial charge in [-0.15, -0.1) is 0 Å². The first-order chi connectivity index (χ1) is 8.15. The van der Waals surface area contributed by atoms with Gasteiger partial charge in [-0.05, 0) is 12.1 Å². The molecule has 2 N–H and O–H groups in total. The van der Waals surface area contributed by atoms with E-state index in [1.54, 1.807) is 12.1 Å². The summed E-state index contributed by atoms with van der Waals surface area (Å²) in [6.45, 7) is 4.27. The molecule has 0 unspecified atom stereocenters. The van der Waals surface area contributed by atoms with E-state index in [9.17, 15) is 0 Å². The summed E-state index contributed by atoms with van der Waals surface area (Å²) in [5.41, 5.74) is 6.31. The van der Waals surface area contributed by atoms with Crippen molar-refractivity contribution in [2.45, 2.75) is 26.4 Å². The first-order valence-electron chi connectivity index (χ1n) is 5.46. The van der Waals surface area contributed by atoms with Gasteiger partial charge in [0.25, 0.3) is 0 Å². The fraction of sp³-hybridized carbons (Fsp3) is 0.333. The van der Waals surface area contributed by atoms with Crippen molar-refractivity contribution in [2.24, 2.45) is 0 Å². The maximum atomic E-state index is 5.64. The molecule has 17 heavy (non-hydrogen) atoms. The van der Waals surface area contributed by atoms with Gasteiger partial charge in [0.05, 0.1) is 0 Å². The lowest BCUT2D eigenvalue weighted by Crippen LogP contribution is -1.98. The molecule has 1 aromatic heterocycles. The normalized spacial score (nSPS) is 10.8. The van der Waals surface area contributed by atoms with E-state index in [0.29, 0.717) is 23.2 Å². The van der Waals surface area contributed by atoms with Crippen molar-refractivity contribution < 1.29 is 9.26 Å². The van der Waals surface area contributed by atoms with Crippen LogP contribution >= 0.6 is 0 Å². The maximum Gasteiger partial charge on any atom is 0.229 e. The van der Waals surface area contributed by atoms with E-state index in [4.69, 9.17) is 15.0 Å². The number of nitrogen functional groups attached to an aromatic ring is 1. The Morgan fingerprint density at radius 3 is 2.88 bits per heavy atom. The summed E-state index contributed by atoms with van der Waals surface area (Å²) in [6.07, 6.45) is 0. The molecule has 0 bridgehead atoms. The van der Waals surface area contributed by atoms with Crippen LogP contribution in [-0.4, -0.2) is 10.1 Å². The number of aromatic nitrogens is 2. The molecule has 1 aromatic carbocycles. The van der Waals surface area contributed by atoms with E-state index in [1.807, 2.05) is 26.0 Å². The highest BCUT2D eigenvalue weighted by molar-refractivity contribution is 5.43. The first kappa shape index (κ1) is 11.4. The number of nitrogens with two attached hydrogens (primary N) is 1. The molecule has 0 saturated heterocycles. The average molecular weight is 233 g/mol. The van der Waals surface area contributed by atoms with Crippen molar-refractivity contribution in [3.8, 4) is 5.75 Å². The third-order valence-corrected chi connectivity index (χ3v) is 2.20. The number of hydrogen-bond acceptors (Lipinski definition) is 5. The predicted octanol–water partition coefficient (Wildman–Crippen LogP) is 2.35. The van der Waals surface area contributed by atoms with Crippen LogP contribution < -0.4 is 10.5 Å². The van der Waals surface area contributed by atoms with E-state index in [2.05, 4.69) is 10.1 Å². The minimum absolute atomic E-state index is 0.226. The van der Waals surface area contributed by atoms with Gasteiger partial charge in [-0.2, -0.15) is 4.98 Å². The summed E-state index contributed by atoms with van der Waals surface area (Å²) in [7, 11) is 0. The Morgan fingerprint density at radius 2 is 2.24 bits per heavy atom.